The van der Waals surface area contributed by atoms with Crippen molar-refractivity contribution in [2.45, 2.75) is 6.54 Å². The lowest BCUT2D eigenvalue weighted by Gasteiger charge is -2.01. The number of fused-ring (bicyclic) bond motifs is 1. The molecule has 5 nitrogen and oxygen atoms in total. The predicted octanol–water partition coefficient (Wildman–Crippen LogP) is 2.35. The highest BCUT2D eigenvalue weighted by Crippen LogP contribution is 2.09. The fraction of sp³-hybridized carbons (Fsp3) is 0.0588. The zero-order chi connectivity index (χ0) is 15.2. The van der Waals surface area contributed by atoms with Gasteiger partial charge in [-0.1, -0.05) is 18.2 Å². The van der Waals surface area contributed by atoms with Crippen molar-refractivity contribution in [2.75, 3.05) is 0 Å². The maximum Gasteiger partial charge on any atom is 0.244 e. The van der Waals surface area contributed by atoms with Crippen molar-refractivity contribution >= 4 is 23.0 Å². The first kappa shape index (κ1) is 13.9. The lowest BCUT2D eigenvalue weighted by molar-refractivity contribution is -0.116. The molecule has 2 aromatic heterocycles. The molecule has 22 heavy (non-hydrogen) atoms. The van der Waals surface area contributed by atoms with E-state index in [0.717, 1.165) is 16.7 Å². The van der Waals surface area contributed by atoms with Gasteiger partial charge in [0.15, 0.2) is 0 Å². The molecule has 3 aromatic rings. The van der Waals surface area contributed by atoms with E-state index in [1.54, 1.807) is 18.5 Å². The highest BCUT2D eigenvalue weighted by atomic mass is 16.1. The molecular formula is C17H14N4O. The fourth-order valence-corrected chi connectivity index (χ4v) is 1.95. The Labute approximate surface area is 127 Å². The van der Waals surface area contributed by atoms with E-state index in [2.05, 4.69) is 20.3 Å². The smallest absolute Gasteiger partial charge is 0.244 e. The van der Waals surface area contributed by atoms with Gasteiger partial charge in [-0.05, 0) is 30.3 Å². The standard InChI is InChI=1S/C17H14N4O/c22-17(20-11-13-5-3-4-10-18-13)9-8-14-12-19-15-6-1-2-7-16(15)21-14/h1-10,12H,11H2,(H,20,22). The van der Waals surface area contributed by atoms with Gasteiger partial charge >= 0.3 is 0 Å². The topological polar surface area (TPSA) is 67.8 Å². The molecule has 1 amide bonds. The second-order valence-electron chi connectivity index (χ2n) is 4.66. The Morgan fingerprint density at radius 1 is 1.05 bits per heavy atom. The first-order chi connectivity index (χ1) is 10.8. The molecule has 0 atom stereocenters. The number of nitrogens with one attached hydrogen (secondary N) is 1. The summed E-state index contributed by atoms with van der Waals surface area (Å²) in [6.45, 7) is 0.396. The number of hydrogen-bond acceptors (Lipinski definition) is 4. The van der Waals surface area contributed by atoms with Crippen molar-refractivity contribution < 1.29 is 4.79 Å². The molecule has 3 rings (SSSR count). The third-order valence-corrected chi connectivity index (χ3v) is 3.04. The molecule has 0 aliphatic carbocycles. The first-order valence-electron chi connectivity index (χ1n) is 6.89. The van der Waals surface area contributed by atoms with E-state index < -0.39 is 0 Å². The minimum atomic E-state index is -0.194. The maximum atomic E-state index is 11.8. The third kappa shape index (κ3) is 3.52. The Balaban J connectivity index is 1.63. The van der Waals surface area contributed by atoms with Crippen LogP contribution in [0.2, 0.25) is 0 Å². The predicted molar refractivity (Wildman–Crippen MR) is 84.7 cm³/mol. The van der Waals surface area contributed by atoms with Crippen molar-refractivity contribution in [3.8, 4) is 0 Å². The van der Waals surface area contributed by atoms with Gasteiger partial charge < -0.3 is 5.32 Å². The lowest BCUT2D eigenvalue weighted by Crippen LogP contribution is -2.20. The van der Waals surface area contributed by atoms with Crippen molar-refractivity contribution in [2.24, 2.45) is 0 Å². The Kier molecular flexibility index (Phi) is 4.15. The third-order valence-electron chi connectivity index (χ3n) is 3.04. The highest BCUT2D eigenvalue weighted by Gasteiger charge is 1.99. The van der Waals surface area contributed by atoms with Gasteiger partial charge in [-0.2, -0.15) is 0 Å². The Bertz CT molecular complexity index is 815. The van der Waals surface area contributed by atoms with E-state index in [0.29, 0.717) is 12.2 Å². The van der Waals surface area contributed by atoms with Gasteiger partial charge in [0.25, 0.3) is 0 Å². The summed E-state index contributed by atoms with van der Waals surface area (Å²) in [4.78, 5) is 24.6. The average molecular weight is 290 g/mol. The molecular weight excluding hydrogens is 276 g/mol. The molecule has 108 valence electrons. The number of benzene rings is 1. The number of carbonyl (C=O) groups excluding carboxylic acids is 1. The van der Waals surface area contributed by atoms with Crippen LogP contribution in [0.4, 0.5) is 0 Å². The molecule has 0 aliphatic heterocycles. The normalized spacial score (nSPS) is 10.9. The van der Waals surface area contributed by atoms with E-state index in [-0.39, 0.29) is 5.91 Å². The second kappa shape index (κ2) is 6.58. The van der Waals surface area contributed by atoms with Crippen molar-refractivity contribution in [1.82, 2.24) is 20.3 Å². The number of carbonyl (C=O) groups is 1. The zero-order valence-electron chi connectivity index (χ0n) is 11.8. The minimum absolute atomic E-state index is 0.194. The van der Waals surface area contributed by atoms with Crippen LogP contribution in [0.3, 0.4) is 0 Å². The summed E-state index contributed by atoms with van der Waals surface area (Å²) >= 11 is 0. The Morgan fingerprint density at radius 3 is 2.68 bits per heavy atom. The van der Waals surface area contributed by atoms with Crippen LogP contribution < -0.4 is 5.32 Å². The Hall–Kier alpha value is -3.08. The van der Waals surface area contributed by atoms with Gasteiger partial charge in [-0.25, -0.2) is 4.98 Å². The molecule has 0 spiro atoms. The number of aromatic nitrogens is 3. The van der Waals surface area contributed by atoms with Gasteiger partial charge in [0, 0.05) is 12.3 Å². The molecule has 0 fully saturated rings. The molecule has 5 heteroatoms. The van der Waals surface area contributed by atoms with Crippen molar-refractivity contribution in [3.63, 3.8) is 0 Å². The summed E-state index contributed by atoms with van der Waals surface area (Å²) in [5.74, 6) is -0.194. The second-order valence-corrected chi connectivity index (χ2v) is 4.66. The van der Waals surface area contributed by atoms with Crippen molar-refractivity contribution in [1.29, 1.82) is 0 Å². The van der Waals surface area contributed by atoms with E-state index in [1.807, 2.05) is 42.5 Å². The average Bonchev–Trinajstić information content (AvgIpc) is 2.59. The molecule has 1 N–H and O–H groups in total. The minimum Gasteiger partial charge on any atom is -0.347 e. The van der Waals surface area contributed by atoms with Crippen LogP contribution >= 0.6 is 0 Å². The molecule has 0 bridgehead atoms. The van der Waals surface area contributed by atoms with Crippen LogP contribution in [0.25, 0.3) is 17.1 Å². The zero-order valence-corrected chi connectivity index (χ0v) is 11.8. The Morgan fingerprint density at radius 2 is 1.86 bits per heavy atom. The number of para-hydroxylation sites is 2. The van der Waals surface area contributed by atoms with E-state index in [9.17, 15) is 4.79 Å². The summed E-state index contributed by atoms with van der Waals surface area (Å²) in [5.41, 5.74) is 3.10. The lowest BCUT2D eigenvalue weighted by atomic mass is 10.3. The molecule has 0 radical (unpaired) electrons. The number of nitrogens with zero attached hydrogens (tertiary/aromatic N) is 3. The van der Waals surface area contributed by atoms with Gasteiger partial charge in [-0.3, -0.25) is 14.8 Å². The summed E-state index contributed by atoms with van der Waals surface area (Å²) in [7, 11) is 0. The first-order valence-corrected chi connectivity index (χ1v) is 6.89. The van der Waals surface area contributed by atoms with Crippen molar-refractivity contribution in [3.05, 3.63) is 72.3 Å². The molecule has 0 unspecified atom stereocenters. The largest absolute Gasteiger partial charge is 0.347 e. The molecule has 2 heterocycles. The van der Waals surface area contributed by atoms with Crippen LogP contribution in [0.5, 0.6) is 0 Å². The van der Waals surface area contributed by atoms with Gasteiger partial charge in [-0.15, -0.1) is 0 Å². The molecule has 0 aliphatic rings. The molecule has 0 saturated heterocycles. The van der Waals surface area contributed by atoms with Gasteiger partial charge in [0.05, 0.1) is 35.2 Å². The van der Waals surface area contributed by atoms with Crippen LogP contribution in [0, 0.1) is 0 Å². The van der Waals surface area contributed by atoms with E-state index in [4.69, 9.17) is 0 Å². The maximum absolute atomic E-state index is 11.8. The van der Waals surface area contributed by atoms with Crippen LogP contribution in [0.1, 0.15) is 11.4 Å². The summed E-state index contributed by atoms with van der Waals surface area (Å²) in [6.07, 6.45) is 6.43. The highest BCUT2D eigenvalue weighted by molar-refractivity contribution is 5.91. The van der Waals surface area contributed by atoms with E-state index in [1.165, 1.54) is 6.08 Å². The number of hydrogen-bond donors (Lipinski definition) is 1. The number of rotatable bonds is 4. The quantitative estimate of drug-likeness (QED) is 0.749. The number of pyridine rings is 1. The summed E-state index contributed by atoms with van der Waals surface area (Å²) in [6, 6.07) is 13.2. The van der Waals surface area contributed by atoms with Crippen LogP contribution in [-0.2, 0) is 11.3 Å². The van der Waals surface area contributed by atoms with E-state index >= 15 is 0 Å². The molecule has 1 aromatic carbocycles. The summed E-state index contributed by atoms with van der Waals surface area (Å²) < 4.78 is 0. The number of amides is 1. The van der Waals surface area contributed by atoms with Crippen LogP contribution in [0.15, 0.2) is 60.9 Å². The van der Waals surface area contributed by atoms with Crippen LogP contribution in [-0.4, -0.2) is 20.9 Å². The fourth-order valence-electron chi connectivity index (χ4n) is 1.95. The van der Waals surface area contributed by atoms with Gasteiger partial charge in [0.1, 0.15) is 0 Å². The summed E-state index contributed by atoms with van der Waals surface area (Å²) in [5, 5.41) is 2.77. The monoisotopic (exact) mass is 290 g/mol. The van der Waals surface area contributed by atoms with Gasteiger partial charge in [0.2, 0.25) is 5.91 Å². The SMILES string of the molecule is O=C(C=Cc1cnc2ccccc2n1)NCc1ccccn1. The molecule has 0 saturated carbocycles.